The number of hydrogen-bond acceptors (Lipinski definition) is 5. The molecule has 0 aliphatic carbocycles. The van der Waals surface area contributed by atoms with E-state index in [0.29, 0.717) is 11.2 Å². The van der Waals surface area contributed by atoms with Crippen LogP contribution in [0.5, 0.6) is 0 Å². The SMILES string of the molecule is O=[C]c1ncc2nccnc2n1. The second kappa shape index (κ2) is 2.61. The molecular formula is C7H3N4O. The third kappa shape index (κ3) is 1.01. The normalized spacial score (nSPS) is 10.0. The number of fused-ring (bicyclic) bond motifs is 1. The third-order valence-corrected chi connectivity index (χ3v) is 1.32. The Bertz CT molecular complexity index is 428. The van der Waals surface area contributed by atoms with Gasteiger partial charge in [0, 0.05) is 12.4 Å². The molecule has 0 amide bonds. The number of hydrogen-bond donors (Lipinski definition) is 0. The zero-order valence-electron chi connectivity index (χ0n) is 5.93. The van der Waals surface area contributed by atoms with E-state index in [-0.39, 0.29) is 5.82 Å². The molecule has 0 aliphatic heterocycles. The van der Waals surface area contributed by atoms with Gasteiger partial charge in [0.05, 0.1) is 6.20 Å². The van der Waals surface area contributed by atoms with E-state index in [2.05, 4.69) is 19.9 Å². The molecule has 0 fully saturated rings. The predicted molar refractivity (Wildman–Crippen MR) is 39.9 cm³/mol. The fraction of sp³-hybridized carbons (Fsp3) is 0. The zero-order chi connectivity index (χ0) is 8.39. The van der Waals surface area contributed by atoms with Gasteiger partial charge in [-0.3, -0.25) is 4.79 Å². The van der Waals surface area contributed by atoms with Crippen LogP contribution in [0, 0.1) is 0 Å². The Hall–Kier alpha value is -1.91. The summed E-state index contributed by atoms with van der Waals surface area (Å²) in [5.74, 6) is 0.00278. The Morgan fingerprint density at radius 2 is 2.00 bits per heavy atom. The van der Waals surface area contributed by atoms with Gasteiger partial charge in [0.2, 0.25) is 5.82 Å². The van der Waals surface area contributed by atoms with Crippen molar-refractivity contribution >= 4 is 17.5 Å². The third-order valence-electron chi connectivity index (χ3n) is 1.32. The second-order valence-corrected chi connectivity index (χ2v) is 2.06. The average Bonchev–Trinajstić information content (AvgIpc) is 2.17. The van der Waals surface area contributed by atoms with Crippen LogP contribution in [0.15, 0.2) is 18.6 Å². The van der Waals surface area contributed by atoms with Crippen molar-refractivity contribution in [3.63, 3.8) is 0 Å². The molecule has 5 heteroatoms. The topological polar surface area (TPSA) is 68.6 Å². The minimum Gasteiger partial charge on any atom is -0.281 e. The van der Waals surface area contributed by atoms with Crippen LogP contribution in [0.3, 0.4) is 0 Å². The highest BCUT2D eigenvalue weighted by atomic mass is 16.1. The molecule has 0 N–H and O–H groups in total. The van der Waals surface area contributed by atoms with Gasteiger partial charge in [-0.05, 0) is 0 Å². The van der Waals surface area contributed by atoms with E-state index in [4.69, 9.17) is 0 Å². The molecule has 1 radical (unpaired) electrons. The molecule has 0 aromatic carbocycles. The van der Waals surface area contributed by atoms with Crippen molar-refractivity contribution in [1.82, 2.24) is 19.9 Å². The molecule has 5 nitrogen and oxygen atoms in total. The molecule has 0 saturated heterocycles. The number of aromatic nitrogens is 4. The molecule has 2 aromatic heterocycles. The van der Waals surface area contributed by atoms with Gasteiger partial charge in [-0.25, -0.2) is 19.9 Å². The van der Waals surface area contributed by atoms with E-state index >= 15 is 0 Å². The van der Waals surface area contributed by atoms with Crippen LogP contribution in [0.4, 0.5) is 0 Å². The van der Waals surface area contributed by atoms with Gasteiger partial charge in [-0.1, -0.05) is 0 Å². The lowest BCUT2D eigenvalue weighted by molar-refractivity contribution is 0.560. The maximum absolute atomic E-state index is 10.2. The molecule has 0 saturated carbocycles. The molecule has 12 heavy (non-hydrogen) atoms. The first-order chi connectivity index (χ1) is 5.90. The summed E-state index contributed by atoms with van der Waals surface area (Å²) in [6.45, 7) is 0. The molecule has 57 valence electrons. The van der Waals surface area contributed by atoms with Crippen molar-refractivity contribution in [2.75, 3.05) is 0 Å². The van der Waals surface area contributed by atoms with Gasteiger partial charge in [-0.15, -0.1) is 0 Å². The first-order valence-electron chi connectivity index (χ1n) is 3.22. The summed E-state index contributed by atoms with van der Waals surface area (Å²) in [5.41, 5.74) is 0.974. The fourth-order valence-electron chi connectivity index (χ4n) is 0.819. The molecule has 2 heterocycles. The van der Waals surface area contributed by atoms with Crippen LogP contribution in [-0.4, -0.2) is 26.2 Å². The standard InChI is InChI=1S/C7H3N4O/c12-4-6-10-3-5-7(11-6)9-2-1-8-5/h1-3H. The summed E-state index contributed by atoms with van der Waals surface area (Å²) < 4.78 is 0. The van der Waals surface area contributed by atoms with Gasteiger partial charge < -0.3 is 0 Å². The van der Waals surface area contributed by atoms with E-state index in [1.807, 2.05) is 0 Å². The lowest BCUT2D eigenvalue weighted by Gasteiger charge is -1.92. The summed E-state index contributed by atoms with van der Waals surface area (Å²) in [6.07, 6.45) is 6.06. The van der Waals surface area contributed by atoms with Crippen LogP contribution >= 0.6 is 0 Å². The Morgan fingerprint density at radius 1 is 1.17 bits per heavy atom. The molecule has 0 aliphatic rings. The monoisotopic (exact) mass is 159 g/mol. The van der Waals surface area contributed by atoms with Crippen molar-refractivity contribution in [1.29, 1.82) is 0 Å². The number of carbonyl (C=O) groups excluding carboxylic acids is 1. The smallest absolute Gasteiger partial charge is 0.274 e. The fourth-order valence-corrected chi connectivity index (χ4v) is 0.819. The van der Waals surface area contributed by atoms with Crippen molar-refractivity contribution in [3.8, 4) is 0 Å². The Balaban J connectivity index is 2.75. The van der Waals surface area contributed by atoms with E-state index in [1.165, 1.54) is 18.6 Å². The van der Waals surface area contributed by atoms with Gasteiger partial charge in [0.25, 0.3) is 6.29 Å². The van der Waals surface area contributed by atoms with Crippen molar-refractivity contribution < 1.29 is 4.79 Å². The van der Waals surface area contributed by atoms with Gasteiger partial charge in [0.1, 0.15) is 5.52 Å². The Kier molecular flexibility index (Phi) is 1.48. The molecular weight excluding hydrogens is 156 g/mol. The highest BCUT2D eigenvalue weighted by molar-refractivity contribution is 5.75. The van der Waals surface area contributed by atoms with E-state index in [1.54, 1.807) is 6.29 Å². The van der Waals surface area contributed by atoms with E-state index < -0.39 is 0 Å². The van der Waals surface area contributed by atoms with Crippen LogP contribution in [0.25, 0.3) is 11.2 Å². The first-order valence-corrected chi connectivity index (χ1v) is 3.22. The summed E-state index contributed by atoms with van der Waals surface area (Å²) >= 11 is 0. The van der Waals surface area contributed by atoms with Crippen LogP contribution in [0.1, 0.15) is 5.82 Å². The molecule has 0 unspecified atom stereocenters. The van der Waals surface area contributed by atoms with Crippen LogP contribution in [0.2, 0.25) is 0 Å². The van der Waals surface area contributed by atoms with Gasteiger partial charge in [-0.2, -0.15) is 0 Å². The van der Waals surface area contributed by atoms with Gasteiger partial charge in [0.15, 0.2) is 5.65 Å². The average molecular weight is 159 g/mol. The molecule has 2 aromatic rings. The summed E-state index contributed by atoms with van der Waals surface area (Å²) in [7, 11) is 0. The van der Waals surface area contributed by atoms with E-state index in [0.717, 1.165) is 0 Å². The zero-order valence-corrected chi connectivity index (χ0v) is 5.93. The highest BCUT2D eigenvalue weighted by Gasteiger charge is 1.99. The highest BCUT2D eigenvalue weighted by Crippen LogP contribution is 2.00. The van der Waals surface area contributed by atoms with Crippen molar-refractivity contribution in [3.05, 3.63) is 24.4 Å². The minimum atomic E-state index is 0.00278. The summed E-state index contributed by atoms with van der Waals surface area (Å²) in [4.78, 5) is 25.5. The predicted octanol–water partition coefficient (Wildman–Crippen LogP) is -0.122. The lowest BCUT2D eigenvalue weighted by atomic mass is 10.5. The van der Waals surface area contributed by atoms with Crippen molar-refractivity contribution in [2.24, 2.45) is 0 Å². The number of nitrogens with zero attached hydrogens (tertiary/aromatic N) is 4. The lowest BCUT2D eigenvalue weighted by Crippen LogP contribution is -1.95. The van der Waals surface area contributed by atoms with E-state index in [9.17, 15) is 4.79 Å². The maximum Gasteiger partial charge on any atom is 0.274 e. The second-order valence-electron chi connectivity index (χ2n) is 2.06. The Morgan fingerprint density at radius 3 is 2.83 bits per heavy atom. The Labute approximate surface area is 67.5 Å². The molecule has 0 atom stereocenters. The maximum atomic E-state index is 10.2. The molecule has 0 spiro atoms. The quantitative estimate of drug-likeness (QED) is 0.580. The summed E-state index contributed by atoms with van der Waals surface area (Å²) in [6, 6.07) is 0. The minimum absolute atomic E-state index is 0.00278. The van der Waals surface area contributed by atoms with Crippen LogP contribution < -0.4 is 0 Å². The van der Waals surface area contributed by atoms with Crippen molar-refractivity contribution in [2.45, 2.75) is 0 Å². The van der Waals surface area contributed by atoms with Gasteiger partial charge >= 0.3 is 0 Å². The first kappa shape index (κ1) is 6.78. The largest absolute Gasteiger partial charge is 0.281 e. The number of rotatable bonds is 1. The molecule has 2 rings (SSSR count). The molecule has 0 bridgehead atoms. The van der Waals surface area contributed by atoms with Crippen LogP contribution in [-0.2, 0) is 4.79 Å². The summed E-state index contributed by atoms with van der Waals surface area (Å²) in [5, 5.41) is 0.